The molecule has 1 aromatic heterocycles. The molecule has 0 bridgehead atoms. The molecule has 4 heteroatoms. The Hall–Kier alpha value is -0.610. The van der Waals surface area contributed by atoms with Crippen molar-refractivity contribution in [3.05, 3.63) is 18.6 Å². The summed E-state index contributed by atoms with van der Waals surface area (Å²) in [6.07, 6.45) is 7.71. The van der Waals surface area contributed by atoms with Gasteiger partial charge >= 0.3 is 0 Å². The molecule has 1 heterocycles. The van der Waals surface area contributed by atoms with E-state index >= 15 is 0 Å². The summed E-state index contributed by atoms with van der Waals surface area (Å²) in [5.74, 6) is 1.07. The van der Waals surface area contributed by atoms with Gasteiger partial charge in [-0.05, 0) is 13.0 Å². The van der Waals surface area contributed by atoms with Crippen molar-refractivity contribution in [3.63, 3.8) is 0 Å². The van der Waals surface area contributed by atoms with Gasteiger partial charge < -0.3 is 5.32 Å². The van der Waals surface area contributed by atoms with E-state index in [-0.39, 0.29) is 0 Å². The Morgan fingerprint density at radius 3 is 2.87 bits per heavy atom. The van der Waals surface area contributed by atoms with Gasteiger partial charge in [0.05, 0.1) is 6.20 Å². The van der Waals surface area contributed by atoms with Gasteiger partial charge in [0.2, 0.25) is 0 Å². The number of rotatable bonds is 7. The maximum atomic E-state index is 4.24. The molecule has 0 aromatic carbocycles. The number of nitrogens with one attached hydrogen (secondary N) is 1. The Morgan fingerprint density at radius 2 is 2.27 bits per heavy atom. The first-order valence-electron chi connectivity index (χ1n) is 5.49. The van der Waals surface area contributed by atoms with Gasteiger partial charge in [0.15, 0.2) is 0 Å². The van der Waals surface area contributed by atoms with Gasteiger partial charge in [-0.3, -0.25) is 4.98 Å². The van der Waals surface area contributed by atoms with Crippen molar-refractivity contribution in [3.8, 4) is 0 Å². The van der Waals surface area contributed by atoms with Crippen molar-refractivity contribution in [2.75, 3.05) is 12.3 Å². The first-order chi connectivity index (χ1) is 7.36. The van der Waals surface area contributed by atoms with Crippen LogP contribution < -0.4 is 5.32 Å². The molecule has 1 unspecified atom stereocenters. The molecule has 15 heavy (non-hydrogen) atoms. The number of hydrogen-bond acceptors (Lipinski definition) is 4. The van der Waals surface area contributed by atoms with Gasteiger partial charge in [-0.2, -0.15) is 0 Å². The molecule has 0 radical (unpaired) electrons. The highest BCUT2D eigenvalue weighted by Gasteiger charge is 2.06. The molecular weight excluding hydrogens is 206 g/mol. The zero-order chi connectivity index (χ0) is 10.9. The van der Waals surface area contributed by atoms with Crippen molar-refractivity contribution in [2.24, 2.45) is 0 Å². The smallest absolute Gasteiger partial charge is 0.114 e. The van der Waals surface area contributed by atoms with Gasteiger partial charge in [0.1, 0.15) is 5.03 Å². The van der Waals surface area contributed by atoms with E-state index in [1.54, 1.807) is 24.2 Å². The lowest BCUT2D eigenvalue weighted by Crippen LogP contribution is -2.30. The van der Waals surface area contributed by atoms with Crippen LogP contribution in [-0.4, -0.2) is 28.3 Å². The number of thioether (sulfide) groups is 1. The first kappa shape index (κ1) is 12.5. The Morgan fingerprint density at radius 1 is 1.40 bits per heavy atom. The second-order valence-electron chi connectivity index (χ2n) is 3.40. The molecule has 1 atom stereocenters. The summed E-state index contributed by atoms with van der Waals surface area (Å²) in [6.45, 7) is 5.40. The fraction of sp³-hybridized carbons (Fsp3) is 0.636. The summed E-state index contributed by atoms with van der Waals surface area (Å²) < 4.78 is 0. The minimum Gasteiger partial charge on any atom is -0.313 e. The summed E-state index contributed by atoms with van der Waals surface area (Å²) in [6, 6.07) is 0.590. The van der Waals surface area contributed by atoms with Crippen LogP contribution >= 0.6 is 11.8 Å². The Kier molecular flexibility index (Phi) is 6.36. The van der Waals surface area contributed by atoms with E-state index in [9.17, 15) is 0 Å². The van der Waals surface area contributed by atoms with E-state index in [2.05, 4.69) is 29.1 Å². The topological polar surface area (TPSA) is 37.8 Å². The number of hydrogen-bond donors (Lipinski definition) is 1. The van der Waals surface area contributed by atoms with Crippen molar-refractivity contribution in [1.29, 1.82) is 0 Å². The molecule has 0 aliphatic rings. The molecule has 0 fully saturated rings. The quantitative estimate of drug-likeness (QED) is 0.723. The molecule has 1 N–H and O–H groups in total. The predicted molar refractivity (Wildman–Crippen MR) is 65.1 cm³/mol. The average molecular weight is 225 g/mol. The highest BCUT2D eigenvalue weighted by molar-refractivity contribution is 7.99. The molecule has 0 aliphatic carbocycles. The van der Waals surface area contributed by atoms with Gasteiger partial charge in [-0.1, -0.05) is 20.3 Å². The van der Waals surface area contributed by atoms with Crippen LogP contribution in [0.15, 0.2) is 23.6 Å². The predicted octanol–water partition coefficient (Wildman–Crippen LogP) is 2.35. The molecule has 84 valence electrons. The zero-order valence-electron chi connectivity index (χ0n) is 9.44. The molecule has 0 saturated carbocycles. The van der Waals surface area contributed by atoms with E-state index in [0.29, 0.717) is 6.04 Å². The largest absolute Gasteiger partial charge is 0.313 e. The van der Waals surface area contributed by atoms with Crippen molar-refractivity contribution in [1.82, 2.24) is 15.3 Å². The average Bonchev–Trinajstić information content (AvgIpc) is 2.28. The number of nitrogens with zero attached hydrogens (tertiary/aromatic N) is 2. The monoisotopic (exact) mass is 225 g/mol. The van der Waals surface area contributed by atoms with E-state index in [1.807, 2.05) is 6.20 Å². The third-order valence-electron chi connectivity index (χ3n) is 2.10. The second-order valence-corrected chi connectivity index (χ2v) is 4.44. The van der Waals surface area contributed by atoms with E-state index in [1.165, 1.54) is 12.8 Å². The fourth-order valence-electron chi connectivity index (χ4n) is 1.43. The number of aromatic nitrogens is 2. The van der Waals surface area contributed by atoms with Crippen molar-refractivity contribution >= 4 is 11.8 Å². The van der Waals surface area contributed by atoms with Gasteiger partial charge in [-0.15, -0.1) is 11.8 Å². The molecule has 0 amide bonds. The first-order valence-corrected chi connectivity index (χ1v) is 6.47. The molecular formula is C11H19N3S. The summed E-state index contributed by atoms with van der Waals surface area (Å²) >= 11 is 1.77. The minimum absolute atomic E-state index is 0.590. The summed E-state index contributed by atoms with van der Waals surface area (Å²) in [7, 11) is 0. The molecule has 3 nitrogen and oxygen atoms in total. The van der Waals surface area contributed by atoms with Crippen LogP contribution in [0.2, 0.25) is 0 Å². The van der Waals surface area contributed by atoms with Crippen LogP contribution in [0.1, 0.15) is 26.7 Å². The fourth-order valence-corrected chi connectivity index (χ4v) is 2.35. The Balaban J connectivity index is 2.33. The zero-order valence-corrected chi connectivity index (χ0v) is 10.3. The maximum absolute atomic E-state index is 4.24. The Labute approximate surface area is 96.1 Å². The van der Waals surface area contributed by atoms with Crippen LogP contribution in [0.5, 0.6) is 0 Å². The van der Waals surface area contributed by atoms with Crippen molar-refractivity contribution in [2.45, 2.75) is 37.8 Å². The highest BCUT2D eigenvalue weighted by atomic mass is 32.2. The molecule has 1 rings (SSSR count). The van der Waals surface area contributed by atoms with E-state index in [0.717, 1.165) is 17.3 Å². The maximum Gasteiger partial charge on any atom is 0.114 e. The summed E-state index contributed by atoms with van der Waals surface area (Å²) in [4.78, 5) is 8.29. The summed E-state index contributed by atoms with van der Waals surface area (Å²) in [5, 5.41) is 4.50. The summed E-state index contributed by atoms with van der Waals surface area (Å²) in [5.41, 5.74) is 0. The third-order valence-corrected chi connectivity index (χ3v) is 3.18. The SMILES string of the molecule is CCCC(CSc1cnccn1)NCC. The highest BCUT2D eigenvalue weighted by Crippen LogP contribution is 2.15. The van der Waals surface area contributed by atoms with Crippen LogP contribution in [0.4, 0.5) is 0 Å². The molecule has 1 aromatic rings. The normalized spacial score (nSPS) is 12.7. The molecule has 0 saturated heterocycles. The second kappa shape index (κ2) is 7.65. The lowest BCUT2D eigenvalue weighted by molar-refractivity contribution is 0.531. The van der Waals surface area contributed by atoms with Gasteiger partial charge in [0.25, 0.3) is 0 Å². The van der Waals surface area contributed by atoms with E-state index in [4.69, 9.17) is 0 Å². The van der Waals surface area contributed by atoms with Crippen LogP contribution in [0.3, 0.4) is 0 Å². The van der Waals surface area contributed by atoms with Gasteiger partial charge in [0, 0.05) is 24.2 Å². The van der Waals surface area contributed by atoms with Crippen molar-refractivity contribution < 1.29 is 0 Å². The standard InChI is InChI=1S/C11H19N3S/c1-3-5-10(13-4-2)9-15-11-8-12-6-7-14-11/h6-8,10,13H,3-5,9H2,1-2H3. The van der Waals surface area contributed by atoms with E-state index < -0.39 is 0 Å². The van der Waals surface area contributed by atoms with Crippen LogP contribution in [-0.2, 0) is 0 Å². The third kappa shape index (κ3) is 5.14. The lowest BCUT2D eigenvalue weighted by Gasteiger charge is -2.15. The molecule has 0 spiro atoms. The molecule has 0 aliphatic heterocycles. The van der Waals surface area contributed by atoms with Gasteiger partial charge in [-0.25, -0.2) is 4.98 Å². The van der Waals surface area contributed by atoms with Crippen LogP contribution in [0, 0.1) is 0 Å². The Bertz CT molecular complexity index is 247. The lowest BCUT2D eigenvalue weighted by atomic mass is 10.2. The van der Waals surface area contributed by atoms with Crippen LogP contribution in [0.25, 0.3) is 0 Å². The minimum atomic E-state index is 0.590.